The fraction of sp³-hybridized carbons (Fsp3) is 0.769. The Bertz CT molecular complexity index is 343. The monoisotopic (exact) mass is 238 g/mol. The van der Waals surface area contributed by atoms with Crippen molar-refractivity contribution in [1.29, 1.82) is 0 Å². The van der Waals surface area contributed by atoms with Crippen molar-refractivity contribution in [3.63, 3.8) is 0 Å². The van der Waals surface area contributed by atoms with Gasteiger partial charge in [0.15, 0.2) is 0 Å². The van der Waals surface area contributed by atoms with E-state index in [2.05, 4.69) is 36.5 Å². The van der Waals surface area contributed by atoms with Crippen LogP contribution in [0.15, 0.2) is 5.38 Å². The molecule has 0 amide bonds. The van der Waals surface area contributed by atoms with Gasteiger partial charge in [-0.15, -0.1) is 11.3 Å². The largest absolute Gasteiger partial charge is 0.316 e. The molecule has 0 aromatic carbocycles. The average Bonchev–Trinajstić information content (AvgIpc) is 3.02. The molecule has 1 N–H and O–H groups in total. The molecule has 1 aromatic rings. The molecule has 0 spiro atoms. The summed E-state index contributed by atoms with van der Waals surface area (Å²) in [6.45, 7) is 8.88. The first-order valence-electron chi connectivity index (χ1n) is 6.26. The van der Waals surface area contributed by atoms with Gasteiger partial charge < -0.3 is 5.32 Å². The van der Waals surface area contributed by atoms with E-state index in [1.165, 1.54) is 23.5 Å². The molecule has 1 heterocycles. The zero-order chi connectivity index (χ0) is 11.6. The number of nitrogens with one attached hydrogen (secondary N) is 1. The molecule has 16 heavy (non-hydrogen) atoms. The minimum atomic E-state index is 0.417. The van der Waals surface area contributed by atoms with Gasteiger partial charge in [-0.05, 0) is 37.6 Å². The van der Waals surface area contributed by atoms with Gasteiger partial charge in [-0.3, -0.25) is 0 Å². The van der Waals surface area contributed by atoms with E-state index in [-0.39, 0.29) is 0 Å². The second-order valence-corrected chi connectivity index (χ2v) is 6.21. The van der Waals surface area contributed by atoms with Gasteiger partial charge in [0.1, 0.15) is 0 Å². The number of thiazole rings is 1. The van der Waals surface area contributed by atoms with Crippen LogP contribution < -0.4 is 5.32 Å². The molecule has 1 aliphatic carbocycles. The van der Waals surface area contributed by atoms with E-state index >= 15 is 0 Å². The lowest BCUT2D eigenvalue weighted by Crippen LogP contribution is -2.35. The highest BCUT2D eigenvalue weighted by Crippen LogP contribution is 2.47. The van der Waals surface area contributed by atoms with Crippen LogP contribution in [-0.2, 0) is 6.42 Å². The van der Waals surface area contributed by atoms with Crippen LogP contribution in [-0.4, -0.2) is 18.1 Å². The Morgan fingerprint density at radius 1 is 1.56 bits per heavy atom. The third kappa shape index (κ3) is 2.83. The standard InChI is InChI=1S/C13H22N2S/c1-4-14-9-13(3,11-5-6-11)7-12-15-10(2)8-16-12/h8,11,14H,4-7,9H2,1-3H3. The van der Waals surface area contributed by atoms with Gasteiger partial charge in [-0.1, -0.05) is 13.8 Å². The molecule has 1 aliphatic rings. The number of hydrogen-bond acceptors (Lipinski definition) is 3. The first-order valence-corrected chi connectivity index (χ1v) is 7.14. The minimum Gasteiger partial charge on any atom is -0.316 e. The second-order valence-electron chi connectivity index (χ2n) is 5.27. The van der Waals surface area contributed by atoms with Crippen LogP contribution in [0, 0.1) is 18.3 Å². The lowest BCUT2D eigenvalue weighted by molar-refractivity contribution is 0.257. The Balaban J connectivity index is 2.01. The molecule has 0 bridgehead atoms. The van der Waals surface area contributed by atoms with Gasteiger partial charge in [0.05, 0.1) is 5.01 Å². The summed E-state index contributed by atoms with van der Waals surface area (Å²) in [6, 6.07) is 0. The normalized spacial score (nSPS) is 19.7. The summed E-state index contributed by atoms with van der Waals surface area (Å²) in [5.41, 5.74) is 1.59. The summed E-state index contributed by atoms with van der Waals surface area (Å²) in [5, 5.41) is 6.99. The van der Waals surface area contributed by atoms with Crippen molar-refractivity contribution >= 4 is 11.3 Å². The van der Waals surface area contributed by atoms with Crippen LogP contribution in [0.5, 0.6) is 0 Å². The summed E-state index contributed by atoms with van der Waals surface area (Å²) >= 11 is 1.82. The quantitative estimate of drug-likeness (QED) is 0.824. The van der Waals surface area contributed by atoms with Crippen LogP contribution in [0.1, 0.15) is 37.4 Å². The van der Waals surface area contributed by atoms with E-state index in [0.29, 0.717) is 5.41 Å². The number of hydrogen-bond donors (Lipinski definition) is 1. The van der Waals surface area contributed by atoms with Crippen molar-refractivity contribution in [3.05, 3.63) is 16.1 Å². The predicted molar refractivity (Wildman–Crippen MR) is 69.9 cm³/mol. The number of rotatable bonds is 6. The summed E-state index contributed by atoms with van der Waals surface area (Å²) in [6.07, 6.45) is 3.96. The van der Waals surface area contributed by atoms with Crippen LogP contribution >= 0.6 is 11.3 Å². The molecule has 0 radical (unpaired) electrons. The van der Waals surface area contributed by atoms with Crippen molar-refractivity contribution in [3.8, 4) is 0 Å². The molecule has 1 unspecified atom stereocenters. The Hall–Kier alpha value is -0.410. The summed E-state index contributed by atoms with van der Waals surface area (Å²) in [7, 11) is 0. The highest BCUT2D eigenvalue weighted by atomic mass is 32.1. The second kappa shape index (κ2) is 4.84. The van der Waals surface area contributed by atoms with Gasteiger partial charge in [0.2, 0.25) is 0 Å². The van der Waals surface area contributed by atoms with Gasteiger partial charge in [0.25, 0.3) is 0 Å². The molecular formula is C13H22N2S. The van der Waals surface area contributed by atoms with Crippen molar-refractivity contribution in [2.75, 3.05) is 13.1 Å². The predicted octanol–water partition coefficient (Wildman–Crippen LogP) is 3.02. The third-order valence-corrected chi connectivity index (χ3v) is 4.53. The molecule has 1 atom stereocenters. The summed E-state index contributed by atoms with van der Waals surface area (Å²) < 4.78 is 0. The Labute approximate surface area is 102 Å². The molecule has 1 saturated carbocycles. The number of aromatic nitrogens is 1. The van der Waals surface area contributed by atoms with E-state index in [1.54, 1.807) is 0 Å². The van der Waals surface area contributed by atoms with Crippen LogP contribution in [0.25, 0.3) is 0 Å². The lowest BCUT2D eigenvalue weighted by atomic mass is 9.81. The van der Waals surface area contributed by atoms with E-state index in [9.17, 15) is 0 Å². The van der Waals surface area contributed by atoms with Gasteiger partial charge in [-0.25, -0.2) is 4.98 Å². The fourth-order valence-corrected chi connectivity index (χ4v) is 3.34. The summed E-state index contributed by atoms with van der Waals surface area (Å²) in [4.78, 5) is 4.60. The van der Waals surface area contributed by atoms with Crippen molar-refractivity contribution < 1.29 is 0 Å². The third-order valence-electron chi connectivity index (χ3n) is 3.56. The molecule has 0 saturated heterocycles. The van der Waals surface area contributed by atoms with Crippen LogP contribution in [0.3, 0.4) is 0 Å². The van der Waals surface area contributed by atoms with Crippen LogP contribution in [0.2, 0.25) is 0 Å². The van der Waals surface area contributed by atoms with Crippen LogP contribution in [0.4, 0.5) is 0 Å². The summed E-state index contributed by atoms with van der Waals surface area (Å²) in [5.74, 6) is 0.913. The molecule has 90 valence electrons. The topological polar surface area (TPSA) is 24.9 Å². The van der Waals surface area contributed by atoms with Gasteiger partial charge >= 0.3 is 0 Å². The maximum Gasteiger partial charge on any atom is 0.0934 e. The van der Waals surface area contributed by atoms with Gasteiger partial charge in [0, 0.05) is 24.0 Å². The molecule has 2 rings (SSSR count). The molecule has 1 aromatic heterocycles. The van der Waals surface area contributed by atoms with E-state index in [0.717, 1.165) is 25.4 Å². The smallest absolute Gasteiger partial charge is 0.0934 e. The Kier molecular flexibility index (Phi) is 3.65. The van der Waals surface area contributed by atoms with Crippen molar-refractivity contribution in [2.45, 2.75) is 40.0 Å². The molecule has 3 heteroatoms. The number of aryl methyl sites for hydroxylation is 1. The Morgan fingerprint density at radius 3 is 2.81 bits per heavy atom. The van der Waals surface area contributed by atoms with E-state index < -0.39 is 0 Å². The fourth-order valence-electron chi connectivity index (χ4n) is 2.37. The van der Waals surface area contributed by atoms with Crippen molar-refractivity contribution in [1.82, 2.24) is 10.3 Å². The van der Waals surface area contributed by atoms with Crippen molar-refractivity contribution in [2.24, 2.45) is 11.3 Å². The highest BCUT2D eigenvalue weighted by Gasteiger charge is 2.41. The molecule has 1 fully saturated rings. The van der Waals surface area contributed by atoms with Gasteiger partial charge in [-0.2, -0.15) is 0 Å². The SMILES string of the molecule is CCNCC(C)(Cc1nc(C)cs1)C1CC1. The van der Waals surface area contributed by atoms with E-state index in [4.69, 9.17) is 0 Å². The zero-order valence-electron chi connectivity index (χ0n) is 10.5. The first kappa shape index (κ1) is 12.1. The minimum absolute atomic E-state index is 0.417. The molecular weight excluding hydrogens is 216 g/mol. The van der Waals surface area contributed by atoms with E-state index in [1.807, 2.05) is 11.3 Å². The maximum atomic E-state index is 4.60. The maximum absolute atomic E-state index is 4.60. The molecule has 2 nitrogen and oxygen atoms in total. The first-order chi connectivity index (χ1) is 7.64. The average molecular weight is 238 g/mol. The number of nitrogens with zero attached hydrogens (tertiary/aromatic N) is 1. The molecule has 0 aliphatic heterocycles. The zero-order valence-corrected chi connectivity index (χ0v) is 11.4. The lowest BCUT2D eigenvalue weighted by Gasteiger charge is -2.29. The highest BCUT2D eigenvalue weighted by molar-refractivity contribution is 7.09. The Morgan fingerprint density at radius 2 is 2.31 bits per heavy atom.